The van der Waals surface area contributed by atoms with Crippen LogP contribution >= 0.6 is 15.9 Å². The third kappa shape index (κ3) is 4.49. The van der Waals surface area contributed by atoms with E-state index < -0.39 is 5.82 Å². The zero-order valence-electron chi connectivity index (χ0n) is 11.1. The van der Waals surface area contributed by atoms with Crippen molar-refractivity contribution < 1.29 is 14.0 Å². The molecule has 0 aliphatic carbocycles. The Bertz CT molecular complexity index is 659. The van der Waals surface area contributed by atoms with Gasteiger partial charge in [-0.2, -0.15) is 0 Å². The highest BCUT2D eigenvalue weighted by Crippen LogP contribution is 2.19. The number of amides is 1. The van der Waals surface area contributed by atoms with Crippen molar-refractivity contribution in [2.45, 2.75) is 12.8 Å². The van der Waals surface area contributed by atoms with Gasteiger partial charge in [0.25, 0.3) is 0 Å². The molecule has 0 atom stereocenters. The number of Topliss-reactive ketones (excluding diaryl/α,β-unsaturated/α-hetero) is 1. The second-order valence-electron chi connectivity index (χ2n) is 4.46. The van der Waals surface area contributed by atoms with E-state index in [0.717, 1.165) is 0 Å². The molecule has 0 radical (unpaired) electrons. The molecule has 0 aromatic heterocycles. The number of nitrogens with one attached hydrogen (secondary N) is 1. The minimum atomic E-state index is -0.521. The van der Waals surface area contributed by atoms with Crippen molar-refractivity contribution in [3.63, 3.8) is 0 Å². The van der Waals surface area contributed by atoms with Gasteiger partial charge < -0.3 is 5.32 Å². The van der Waals surface area contributed by atoms with Crippen LogP contribution in [0.25, 0.3) is 0 Å². The highest BCUT2D eigenvalue weighted by molar-refractivity contribution is 9.10. The summed E-state index contributed by atoms with van der Waals surface area (Å²) in [5.74, 6) is -1.02. The first-order valence-electron chi connectivity index (χ1n) is 6.39. The number of hydrogen-bond donors (Lipinski definition) is 1. The average Bonchev–Trinajstić information content (AvgIpc) is 2.48. The van der Waals surface area contributed by atoms with Gasteiger partial charge in [-0.05, 0) is 18.2 Å². The molecule has 21 heavy (non-hydrogen) atoms. The number of carbonyl (C=O) groups excluding carboxylic acids is 2. The third-order valence-corrected chi connectivity index (χ3v) is 3.37. The van der Waals surface area contributed by atoms with Crippen molar-refractivity contribution >= 4 is 33.3 Å². The van der Waals surface area contributed by atoms with Gasteiger partial charge in [-0.3, -0.25) is 9.59 Å². The number of ketones is 1. The van der Waals surface area contributed by atoms with Crippen LogP contribution in [-0.4, -0.2) is 11.7 Å². The fourth-order valence-corrected chi connectivity index (χ4v) is 2.13. The first-order chi connectivity index (χ1) is 10.1. The van der Waals surface area contributed by atoms with E-state index in [4.69, 9.17) is 0 Å². The molecule has 2 aromatic carbocycles. The average molecular weight is 350 g/mol. The number of halogens is 2. The number of rotatable bonds is 5. The standard InChI is InChI=1S/C16H13BrFNO2/c17-12-6-7-14(13(18)10-12)19-16(21)9-8-15(20)11-4-2-1-3-5-11/h1-7,10H,8-9H2,(H,19,21). The number of benzene rings is 2. The Morgan fingerprint density at radius 1 is 1.05 bits per heavy atom. The molecule has 2 rings (SSSR count). The molecule has 5 heteroatoms. The van der Waals surface area contributed by atoms with Crippen molar-refractivity contribution in [2.75, 3.05) is 5.32 Å². The maximum atomic E-state index is 13.6. The quantitative estimate of drug-likeness (QED) is 0.822. The fraction of sp³-hybridized carbons (Fsp3) is 0.125. The molecule has 0 saturated heterocycles. The highest BCUT2D eigenvalue weighted by Gasteiger charge is 2.11. The van der Waals surface area contributed by atoms with E-state index in [1.165, 1.54) is 12.1 Å². The van der Waals surface area contributed by atoms with Crippen LogP contribution in [0, 0.1) is 5.82 Å². The van der Waals surface area contributed by atoms with E-state index in [0.29, 0.717) is 10.0 Å². The van der Waals surface area contributed by atoms with Crippen molar-refractivity contribution in [1.29, 1.82) is 0 Å². The van der Waals surface area contributed by atoms with Gasteiger partial charge in [0.1, 0.15) is 5.82 Å². The summed E-state index contributed by atoms with van der Waals surface area (Å²) in [6.45, 7) is 0. The van der Waals surface area contributed by atoms with Crippen LogP contribution in [0.4, 0.5) is 10.1 Å². The molecule has 0 heterocycles. The SMILES string of the molecule is O=C(CCC(=O)c1ccccc1)Nc1ccc(Br)cc1F. The van der Waals surface area contributed by atoms with Crippen molar-refractivity contribution in [1.82, 2.24) is 0 Å². The lowest BCUT2D eigenvalue weighted by molar-refractivity contribution is -0.116. The van der Waals surface area contributed by atoms with Crippen molar-refractivity contribution in [3.05, 3.63) is 64.4 Å². The lowest BCUT2D eigenvalue weighted by Crippen LogP contribution is -2.14. The summed E-state index contributed by atoms with van der Waals surface area (Å²) in [5.41, 5.74) is 0.676. The van der Waals surface area contributed by atoms with Crippen LogP contribution in [0.15, 0.2) is 53.0 Å². The molecule has 1 amide bonds. The molecule has 2 aromatic rings. The molecule has 0 spiro atoms. The molecule has 3 nitrogen and oxygen atoms in total. The summed E-state index contributed by atoms with van der Waals surface area (Å²) in [7, 11) is 0. The lowest BCUT2D eigenvalue weighted by Gasteiger charge is -2.06. The maximum Gasteiger partial charge on any atom is 0.224 e. The zero-order valence-corrected chi connectivity index (χ0v) is 12.7. The van der Waals surface area contributed by atoms with Gasteiger partial charge in [-0.15, -0.1) is 0 Å². The highest BCUT2D eigenvalue weighted by atomic mass is 79.9. The summed E-state index contributed by atoms with van der Waals surface area (Å²) in [5, 5.41) is 2.46. The molecule has 0 bridgehead atoms. The fourth-order valence-electron chi connectivity index (χ4n) is 1.80. The van der Waals surface area contributed by atoms with Crippen LogP contribution in [-0.2, 0) is 4.79 Å². The van der Waals surface area contributed by atoms with E-state index in [1.807, 2.05) is 6.07 Å². The Morgan fingerprint density at radius 3 is 2.43 bits per heavy atom. The molecule has 0 fully saturated rings. The van der Waals surface area contributed by atoms with E-state index in [9.17, 15) is 14.0 Å². The van der Waals surface area contributed by atoms with Gasteiger partial charge in [0.2, 0.25) is 5.91 Å². The summed E-state index contributed by atoms with van der Waals surface area (Å²) in [6, 6.07) is 13.1. The predicted octanol–water partition coefficient (Wildman–Crippen LogP) is 4.19. The van der Waals surface area contributed by atoms with Gasteiger partial charge in [-0.1, -0.05) is 46.3 Å². The first kappa shape index (κ1) is 15.4. The van der Waals surface area contributed by atoms with E-state index in [1.54, 1.807) is 30.3 Å². The van der Waals surface area contributed by atoms with Gasteiger partial charge in [-0.25, -0.2) is 4.39 Å². The lowest BCUT2D eigenvalue weighted by atomic mass is 10.1. The molecule has 1 N–H and O–H groups in total. The van der Waals surface area contributed by atoms with Crippen molar-refractivity contribution in [2.24, 2.45) is 0 Å². The van der Waals surface area contributed by atoms with Gasteiger partial charge in [0, 0.05) is 22.9 Å². The Labute approximate surface area is 130 Å². The van der Waals surface area contributed by atoms with Crippen LogP contribution in [0.2, 0.25) is 0 Å². The van der Waals surface area contributed by atoms with Crippen LogP contribution in [0.1, 0.15) is 23.2 Å². The summed E-state index contributed by atoms with van der Waals surface area (Å²) in [6.07, 6.45) is 0.108. The number of carbonyl (C=O) groups is 2. The minimum absolute atomic E-state index is 0.0171. The van der Waals surface area contributed by atoms with Crippen LogP contribution in [0.5, 0.6) is 0 Å². The van der Waals surface area contributed by atoms with Crippen LogP contribution < -0.4 is 5.32 Å². The monoisotopic (exact) mass is 349 g/mol. The van der Waals surface area contributed by atoms with Gasteiger partial charge >= 0.3 is 0 Å². The topological polar surface area (TPSA) is 46.2 Å². The Balaban J connectivity index is 1.89. The molecular weight excluding hydrogens is 337 g/mol. The first-order valence-corrected chi connectivity index (χ1v) is 7.19. The predicted molar refractivity (Wildman–Crippen MR) is 82.7 cm³/mol. The van der Waals surface area contributed by atoms with Gasteiger partial charge in [0.15, 0.2) is 5.78 Å². The van der Waals surface area contributed by atoms with E-state index in [2.05, 4.69) is 21.2 Å². The van der Waals surface area contributed by atoms with E-state index >= 15 is 0 Å². The summed E-state index contributed by atoms with van der Waals surface area (Å²) >= 11 is 3.14. The number of hydrogen-bond acceptors (Lipinski definition) is 2. The molecule has 0 aliphatic heterocycles. The minimum Gasteiger partial charge on any atom is -0.324 e. The molecule has 108 valence electrons. The second kappa shape index (κ2) is 7.13. The zero-order chi connectivity index (χ0) is 15.2. The number of anilines is 1. The van der Waals surface area contributed by atoms with Crippen molar-refractivity contribution in [3.8, 4) is 0 Å². The third-order valence-electron chi connectivity index (χ3n) is 2.88. The maximum absolute atomic E-state index is 13.6. The van der Waals surface area contributed by atoms with E-state index in [-0.39, 0.29) is 30.2 Å². The normalized spacial score (nSPS) is 10.2. The smallest absolute Gasteiger partial charge is 0.224 e. The molecule has 0 unspecified atom stereocenters. The van der Waals surface area contributed by atoms with Gasteiger partial charge in [0.05, 0.1) is 5.69 Å². The molecule has 0 saturated carbocycles. The summed E-state index contributed by atoms with van der Waals surface area (Å²) < 4.78 is 14.2. The molecular formula is C16H13BrFNO2. The second-order valence-corrected chi connectivity index (χ2v) is 5.38. The molecule has 0 aliphatic rings. The van der Waals surface area contributed by atoms with Crippen LogP contribution in [0.3, 0.4) is 0 Å². The Kier molecular flexibility index (Phi) is 5.22. The Morgan fingerprint density at radius 2 is 1.76 bits per heavy atom. The Hall–Kier alpha value is -2.01. The summed E-state index contributed by atoms with van der Waals surface area (Å²) in [4.78, 5) is 23.6. The largest absolute Gasteiger partial charge is 0.324 e.